The Morgan fingerprint density at radius 3 is 2.71 bits per heavy atom. The molecule has 0 N–H and O–H groups in total. The van der Waals surface area contributed by atoms with Crippen molar-refractivity contribution < 1.29 is 0 Å². The van der Waals surface area contributed by atoms with Crippen molar-refractivity contribution in [2.24, 2.45) is 11.8 Å². The van der Waals surface area contributed by atoms with Crippen LogP contribution in [-0.2, 0) is 0 Å². The zero-order chi connectivity index (χ0) is 13.4. The van der Waals surface area contributed by atoms with E-state index in [4.69, 9.17) is 0 Å². The molecule has 1 fully saturated rings. The summed E-state index contributed by atoms with van der Waals surface area (Å²) in [6, 6.07) is 8.26. The molecule has 2 atom stereocenters. The highest BCUT2D eigenvalue weighted by Gasteiger charge is 2.28. The summed E-state index contributed by atoms with van der Waals surface area (Å²) in [4.78, 5) is 11.3. The van der Waals surface area contributed by atoms with Gasteiger partial charge in [-0.05, 0) is 24.5 Å². The molecule has 2 aliphatic rings. The number of nitrogens with zero attached hydrogens (tertiary/aromatic N) is 3. The van der Waals surface area contributed by atoms with E-state index in [2.05, 4.69) is 57.4 Å². The number of fused-ring (bicyclic) bond motifs is 2. The van der Waals surface area contributed by atoms with Crippen molar-refractivity contribution in [1.29, 1.82) is 0 Å². The highest BCUT2D eigenvalue weighted by Crippen LogP contribution is 2.32. The molecule has 0 saturated carbocycles. The van der Waals surface area contributed by atoms with Crippen molar-refractivity contribution in [2.75, 3.05) is 18.0 Å². The van der Waals surface area contributed by atoms with Gasteiger partial charge in [0.1, 0.15) is 12.1 Å². The molecular formula is C17H18ClN3. The van der Waals surface area contributed by atoms with Crippen LogP contribution in [0.25, 0.3) is 10.9 Å². The van der Waals surface area contributed by atoms with Crippen LogP contribution in [0.5, 0.6) is 0 Å². The van der Waals surface area contributed by atoms with Gasteiger partial charge in [0, 0.05) is 24.4 Å². The lowest BCUT2D eigenvalue weighted by Gasteiger charge is -2.38. The standard InChI is InChI=1S/C17H17N3.ClH/c1-2-6-14-11-20(10-9-13(14)5-1)17-15-7-3-4-8-16(15)18-12-19-17;/h1-8,12-14H,9-11H2;1H. The van der Waals surface area contributed by atoms with Crippen molar-refractivity contribution in [3.05, 3.63) is 54.9 Å². The summed E-state index contributed by atoms with van der Waals surface area (Å²) < 4.78 is 0. The van der Waals surface area contributed by atoms with Gasteiger partial charge in [0.2, 0.25) is 0 Å². The number of allylic oxidation sites excluding steroid dienone is 3. The van der Waals surface area contributed by atoms with Crippen molar-refractivity contribution in [2.45, 2.75) is 6.42 Å². The Morgan fingerprint density at radius 1 is 1.00 bits per heavy atom. The van der Waals surface area contributed by atoms with Crippen LogP contribution in [0.15, 0.2) is 54.9 Å². The Labute approximate surface area is 130 Å². The van der Waals surface area contributed by atoms with E-state index in [1.165, 1.54) is 6.42 Å². The van der Waals surface area contributed by atoms with Gasteiger partial charge in [-0.3, -0.25) is 0 Å². The fraction of sp³-hybridized carbons (Fsp3) is 0.294. The molecule has 1 aromatic heterocycles. The molecule has 2 aromatic rings. The largest absolute Gasteiger partial charge is 0.355 e. The number of rotatable bonds is 1. The Balaban J connectivity index is 0.00000132. The minimum Gasteiger partial charge on any atom is -0.355 e. The van der Waals surface area contributed by atoms with Crippen LogP contribution in [0.2, 0.25) is 0 Å². The highest BCUT2D eigenvalue weighted by atomic mass is 35.5. The molecule has 1 aliphatic heterocycles. The summed E-state index contributed by atoms with van der Waals surface area (Å²) in [6.45, 7) is 2.12. The van der Waals surface area contributed by atoms with E-state index in [-0.39, 0.29) is 12.4 Å². The van der Waals surface area contributed by atoms with Gasteiger partial charge in [-0.2, -0.15) is 0 Å². The second-order valence-electron chi connectivity index (χ2n) is 5.55. The summed E-state index contributed by atoms with van der Waals surface area (Å²) in [5, 5.41) is 1.16. The summed E-state index contributed by atoms with van der Waals surface area (Å²) in [7, 11) is 0. The van der Waals surface area contributed by atoms with Crippen molar-refractivity contribution in [1.82, 2.24) is 9.97 Å². The quantitative estimate of drug-likeness (QED) is 0.805. The van der Waals surface area contributed by atoms with E-state index in [9.17, 15) is 0 Å². The number of piperidine rings is 1. The molecule has 0 bridgehead atoms. The maximum absolute atomic E-state index is 4.54. The van der Waals surface area contributed by atoms with Gasteiger partial charge in [0.25, 0.3) is 0 Å². The topological polar surface area (TPSA) is 29.0 Å². The third-order valence-corrected chi connectivity index (χ3v) is 4.36. The fourth-order valence-electron chi connectivity index (χ4n) is 3.29. The molecule has 3 nitrogen and oxygen atoms in total. The van der Waals surface area contributed by atoms with Crippen LogP contribution in [0.3, 0.4) is 0 Å². The number of aromatic nitrogens is 2. The van der Waals surface area contributed by atoms with Gasteiger partial charge < -0.3 is 4.90 Å². The van der Waals surface area contributed by atoms with E-state index >= 15 is 0 Å². The Bertz CT molecular complexity index is 690. The SMILES string of the molecule is C1=CC2CCN(c3ncnc4ccccc34)CC2C=C1.Cl. The predicted octanol–water partition coefficient (Wildman–Crippen LogP) is 3.62. The van der Waals surface area contributed by atoms with E-state index in [1.54, 1.807) is 6.33 Å². The van der Waals surface area contributed by atoms with Gasteiger partial charge in [0.15, 0.2) is 0 Å². The van der Waals surface area contributed by atoms with Crippen LogP contribution < -0.4 is 4.90 Å². The number of benzene rings is 1. The third kappa shape index (κ3) is 2.54. The summed E-state index contributed by atoms with van der Waals surface area (Å²) in [5.41, 5.74) is 1.03. The molecule has 0 spiro atoms. The summed E-state index contributed by atoms with van der Waals surface area (Å²) in [5.74, 6) is 2.39. The number of anilines is 1. The number of hydrogen-bond acceptors (Lipinski definition) is 3. The molecule has 1 aromatic carbocycles. The van der Waals surface area contributed by atoms with E-state index < -0.39 is 0 Å². The molecule has 108 valence electrons. The normalized spacial score (nSPS) is 23.7. The van der Waals surface area contributed by atoms with Crippen LogP contribution in [-0.4, -0.2) is 23.1 Å². The molecule has 2 heterocycles. The molecule has 0 radical (unpaired) electrons. The first-order chi connectivity index (χ1) is 9.92. The summed E-state index contributed by atoms with van der Waals surface area (Å²) in [6.07, 6.45) is 11.9. The van der Waals surface area contributed by atoms with E-state index in [0.29, 0.717) is 11.8 Å². The minimum atomic E-state index is 0. The van der Waals surface area contributed by atoms with Gasteiger partial charge in [-0.25, -0.2) is 9.97 Å². The maximum atomic E-state index is 4.54. The molecule has 4 heteroatoms. The van der Waals surface area contributed by atoms with Gasteiger partial charge in [0.05, 0.1) is 5.52 Å². The Kier molecular flexibility index (Phi) is 3.93. The maximum Gasteiger partial charge on any atom is 0.139 e. The molecular weight excluding hydrogens is 282 g/mol. The Hall–Kier alpha value is -1.87. The third-order valence-electron chi connectivity index (χ3n) is 4.36. The second-order valence-corrected chi connectivity index (χ2v) is 5.55. The van der Waals surface area contributed by atoms with Crippen LogP contribution in [0, 0.1) is 11.8 Å². The van der Waals surface area contributed by atoms with E-state index in [0.717, 1.165) is 29.8 Å². The zero-order valence-electron chi connectivity index (χ0n) is 11.7. The lowest BCUT2D eigenvalue weighted by molar-refractivity contribution is 0.387. The molecule has 1 saturated heterocycles. The van der Waals surface area contributed by atoms with Crippen molar-refractivity contribution in [3.63, 3.8) is 0 Å². The molecule has 1 aliphatic carbocycles. The predicted molar refractivity (Wildman–Crippen MR) is 88.9 cm³/mol. The monoisotopic (exact) mass is 299 g/mol. The molecule has 4 rings (SSSR count). The van der Waals surface area contributed by atoms with Gasteiger partial charge in [-0.15, -0.1) is 12.4 Å². The first kappa shape index (κ1) is 14.1. The van der Waals surface area contributed by atoms with Crippen molar-refractivity contribution >= 4 is 29.1 Å². The molecule has 21 heavy (non-hydrogen) atoms. The minimum absolute atomic E-state index is 0. The number of para-hydroxylation sites is 1. The van der Waals surface area contributed by atoms with Crippen molar-refractivity contribution in [3.8, 4) is 0 Å². The smallest absolute Gasteiger partial charge is 0.139 e. The second kappa shape index (κ2) is 5.86. The first-order valence-electron chi connectivity index (χ1n) is 7.21. The number of halogens is 1. The average molecular weight is 300 g/mol. The van der Waals surface area contributed by atoms with Gasteiger partial charge in [-0.1, -0.05) is 36.4 Å². The van der Waals surface area contributed by atoms with Crippen LogP contribution in [0.1, 0.15) is 6.42 Å². The molecule has 2 unspecified atom stereocenters. The zero-order valence-corrected chi connectivity index (χ0v) is 12.5. The highest BCUT2D eigenvalue weighted by molar-refractivity contribution is 5.89. The number of hydrogen-bond donors (Lipinski definition) is 0. The molecule has 0 amide bonds. The first-order valence-corrected chi connectivity index (χ1v) is 7.21. The van der Waals surface area contributed by atoms with Crippen LogP contribution >= 0.6 is 12.4 Å². The van der Waals surface area contributed by atoms with E-state index in [1.807, 2.05) is 6.07 Å². The lowest BCUT2D eigenvalue weighted by atomic mass is 9.82. The van der Waals surface area contributed by atoms with Gasteiger partial charge >= 0.3 is 0 Å². The van der Waals surface area contributed by atoms with Crippen LogP contribution in [0.4, 0.5) is 5.82 Å². The average Bonchev–Trinajstić information content (AvgIpc) is 2.54. The Morgan fingerprint density at radius 2 is 1.81 bits per heavy atom. The summed E-state index contributed by atoms with van der Waals surface area (Å²) >= 11 is 0. The fourth-order valence-corrected chi connectivity index (χ4v) is 3.29. The lowest BCUT2D eigenvalue weighted by Crippen LogP contribution is -2.40.